The highest BCUT2D eigenvalue weighted by molar-refractivity contribution is 7.22. The predicted octanol–water partition coefficient (Wildman–Crippen LogP) is 2.56. The zero-order valence-corrected chi connectivity index (χ0v) is 16.5. The van der Waals surface area contributed by atoms with E-state index in [1.807, 2.05) is 44.1 Å². The number of hydrogen-bond acceptors (Lipinski definition) is 6. The Kier molecular flexibility index (Phi) is 5.24. The number of aryl methyl sites for hydroxylation is 2. The van der Waals surface area contributed by atoms with Crippen LogP contribution in [0.5, 0.6) is 5.75 Å². The van der Waals surface area contributed by atoms with Gasteiger partial charge in [-0.3, -0.25) is 14.4 Å². The quantitative estimate of drug-likeness (QED) is 0.664. The van der Waals surface area contributed by atoms with Crippen molar-refractivity contribution in [2.45, 2.75) is 6.92 Å². The van der Waals surface area contributed by atoms with Gasteiger partial charge in [0.05, 0.1) is 18.0 Å². The van der Waals surface area contributed by atoms with E-state index in [0.29, 0.717) is 23.1 Å². The Balaban J connectivity index is 2.05. The van der Waals surface area contributed by atoms with E-state index < -0.39 is 0 Å². The van der Waals surface area contributed by atoms with E-state index in [0.717, 1.165) is 22.3 Å². The van der Waals surface area contributed by atoms with Crippen molar-refractivity contribution in [3.63, 3.8) is 0 Å². The number of ether oxygens (including phenoxy) is 1. The van der Waals surface area contributed by atoms with Crippen molar-refractivity contribution in [3.05, 3.63) is 35.7 Å². The van der Waals surface area contributed by atoms with Crippen molar-refractivity contribution in [3.8, 4) is 5.75 Å². The zero-order chi connectivity index (χ0) is 18.8. The van der Waals surface area contributed by atoms with Gasteiger partial charge in [-0.15, -0.1) is 0 Å². The van der Waals surface area contributed by atoms with Crippen LogP contribution >= 0.6 is 11.3 Å². The highest BCUT2D eigenvalue weighted by Crippen LogP contribution is 2.34. The van der Waals surface area contributed by atoms with Crippen LogP contribution in [0, 0.1) is 6.92 Å². The molecule has 0 N–H and O–H groups in total. The Hall–Kier alpha value is -2.45. The molecule has 138 valence electrons. The van der Waals surface area contributed by atoms with E-state index in [2.05, 4.69) is 5.10 Å². The van der Waals surface area contributed by atoms with E-state index in [4.69, 9.17) is 9.72 Å². The zero-order valence-electron chi connectivity index (χ0n) is 15.7. The molecule has 7 nitrogen and oxygen atoms in total. The average Bonchev–Trinajstić information content (AvgIpc) is 3.17. The third-order valence-corrected chi connectivity index (χ3v) is 5.21. The number of methoxy groups -OCH3 is 1. The van der Waals surface area contributed by atoms with Gasteiger partial charge in [-0.2, -0.15) is 5.10 Å². The summed E-state index contributed by atoms with van der Waals surface area (Å²) in [4.78, 5) is 21.8. The van der Waals surface area contributed by atoms with Crippen LogP contribution < -0.4 is 9.64 Å². The second kappa shape index (κ2) is 7.43. The molecule has 1 amide bonds. The molecule has 0 unspecified atom stereocenters. The first-order chi connectivity index (χ1) is 12.4. The normalized spacial score (nSPS) is 11.3. The Morgan fingerprint density at radius 3 is 2.69 bits per heavy atom. The van der Waals surface area contributed by atoms with E-state index in [1.165, 1.54) is 11.3 Å². The molecule has 0 saturated heterocycles. The molecule has 0 spiro atoms. The second-order valence-corrected chi connectivity index (χ2v) is 7.37. The van der Waals surface area contributed by atoms with Crippen molar-refractivity contribution in [2.24, 2.45) is 7.05 Å². The molecule has 0 fully saturated rings. The first-order valence-corrected chi connectivity index (χ1v) is 9.12. The molecule has 3 rings (SSSR count). The fourth-order valence-corrected chi connectivity index (χ4v) is 3.77. The summed E-state index contributed by atoms with van der Waals surface area (Å²) in [7, 11) is 7.38. The number of carbonyl (C=O) groups is 1. The number of thiazole rings is 1. The number of hydrogen-bond donors (Lipinski definition) is 0. The van der Waals surface area contributed by atoms with Gasteiger partial charge in [0.25, 0.3) is 5.91 Å². The van der Waals surface area contributed by atoms with Crippen molar-refractivity contribution < 1.29 is 9.53 Å². The number of para-hydroxylation sites is 1. The molecule has 1 aromatic carbocycles. The van der Waals surface area contributed by atoms with Gasteiger partial charge in [-0.25, -0.2) is 4.98 Å². The van der Waals surface area contributed by atoms with Crippen LogP contribution in [0.3, 0.4) is 0 Å². The van der Waals surface area contributed by atoms with Crippen LogP contribution in [0.25, 0.3) is 10.2 Å². The topological polar surface area (TPSA) is 63.5 Å². The molecule has 2 heterocycles. The van der Waals surface area contributed by atoms with E-state index >= 15 is 0 Å². The largest absolute Gasteiger partial charge is 0.494 e. The van der Waals surface area contributed by atoms with E-state index in [1.54, 1.807) is 29.9 Å². The van der Waals surface area contributed by atoms with Gasteiger partial charge < -0.3 is 9.64 Å². The minimum absolute atomic E-state index is 0.0950. The Morgan fingerprint density at radius 1 is 1.31 bits per heavy atom. The number of rotatable bonds is 6. The molecule has 0 aliphatic carbocycles. The third kappa shape index (κ3) is 3.42. The highest BCUT2D eigenvalue weighted by atomic mass is 32.1. The van der Waals surface area contributed by atoms with Crippen LogP contribution in [0.2, 0.25) is 0 Å². The molecule has 0 atom stereocenters. The molecular weight excluding hydrogens is 350 g/mol. The highest BCUT2D eigenvalue weighted by Gasteiger charge is 2.25. The van der Waals surface area contributed by atoms with E-state index in [9.17, 15) is 4.79 Å². The second-order valence-electron chi connectivity index (χ2n) is 6.36. The first kappa shape index (κ1) is 18.3. The lowest BCUT2D eigenvalue weighted by molar-refractivity contribution is 0.0975. The maximum atomic E-state index is 13.3. The Morgan fingerprint density at radius 2 is 2.08 bits per heavy atom. The maximum absolute atomic E-state index is 13.3. The number of carbonyl (C=O) groups excluding carboxylic acids is 1. The summed E-state index contributed by atoms with van der Waals surface area (Å²) in [5.41, 5.74) is 2.21. The predicted molar refractivity (Wildman–Crippen MR) is 104 cm³/mol. The van der Waals surface area contributed by atoms with Gasteiger partial charge in [0.1, 0.15) is 17.0 Å². The van der Waals surface area contributed by atoms with E-state index in [-0.39, 0.29) is 5.91 Å². The lowest BCUT2D eigenvalue weighted by Crippen LogP contribution is -2.38. The molecule has 3 aromatic rings. The molecule has 0 radical (unpaired) electrons. The maximum Gasteiger partial charge on any atom is 0.278 e. The van der Waals surface area contributed by atoms with Crippen LogP contribution in [-0.2, 0) is 7.05 Å². The lowest BCUT2D eigenvalue weighted by Gasteiger charge is -2.22. The summed E-state index contributed by atoms with van der Waals surface area (Å²) in [6.45, 7) is 3.17. The van der Waals surface area contributed by atoms with Gasteiger partial charge in [0, 0.05) is 20.1 Å². The lowest BCUT2D eigenvalue weighted by atomic mass is 10.2. The van der Waals surface area contributed by atoms with Crippen LogP contribution in [0.1, 0.15) is 16.1 Å². The van der Waals surface area contributed by atoms with Crippen molar-refractivity contribution in [1.82, 2.24) is 19.7 Å². The molecule has 0 aliphatic heterocycles. The fourth-order valence-electron chi connectivity index (χ4n) is 2.76. The smallest absolute Gasteiger partial charge is 0.278 e. The molecule has 26 heavy (non-hydrogen) atoms. The van der Waals surface area contributed by atoms with Crippen LogP contribution in [-0.4, -0.2) is 59.9 Å². The fraction of sp³-hybridized carbons (Fsp3) is 0.389. The van der Waals surface area contributed by atoms with Gasteiger partial charge in [-0.1, -0.05) is 17.4 Å². The Bertz CT molecular complexity index is 911. The summed E-state index contributed by atoms with van der Waals surface area (Å²) in [5.74, 6) is 0.615. The monoisotopic (exact) mass is 373 g/mol. The SMILES string of the molecule is COc1cccc2sc(N(CCN(C)C)C(=O)c3c(C)cnn3C)nc12. The number of anilines is 1. The van der Waals surface area contributed by atoms with Crippen molar-refractivity contribution in [1.29, 1.82) is 0 Å². The summed E-state index contributed by atoms with van der Waals surface area (Å²) in [6, 6.07) is 5.80. The molecule has 0 aliphatic rings. The Labute approximate surface area is 156 Å². The minimum atomic E-state index is -0.0950. The van der Waals surface area contributed by atoms with Crippen LogP contribution in [0.4, 0.5) is 5.13 Å². The van der Waals surface area contributed by atoms with Gasteiger partial charge >= 0.3 is 0 Å². The van der Waals surface area contributed by atoms with Crippen LogP contribution in [0.15, 0.2) is 24.4 Å². The summed E-state index contributed by atoms with van der Waals surface area (Å²) in [6.07, 6.45) is 1.71. The van der Waals surface area contributed by atoms with Crippen molar-refractivity contribution >= 4 is 32.6 Å². The number of fused-ring (bicyclic) bond motifs is 1. The van der Waals surface area contributed by atoms with Gasteiger partial charge in [-0.05, 0) is 38.7 Å². The van der Waals surface area contributed by atoms with Gasteiger partial charge in [0.2, 0.25) is 0 Å². The third-order valence-electron chi connectivity index (χ3n) is 4.16. The van der Waals surface area contributed by atoms with Crippen molar-refractivity contribution in [2.75, 3.05) is 39.2 Å². The summed E-state index contributed by atoms with van der Waals surface area (Å²) in [5, 5.41) is 4.86. The molecule has 2 aromatic heterocycles. The molecule has 0 saturated carbocycles. The number of benzene rings is 1. The number of nitrogens with zero attached hydrogens (tertiary/aromatic N) is 5. The summed E-state index contributed by atoms with van der Waals surface area (Å²) >= 11 is 1.49. The number of amides is 1. The average molecular weight is 373 g/mol. The molecule has 8 heteroatoms. The number of aromatic nitrogens is 3. The molecule has 0 bridgehead atoms. The summed E-state index contributed by atoms with van der Waals surface area (Å²) < 4.78 is 8.02. The first-order valence-electron chi connectivity index (χ1n) is 8.31. The van der Waals surface area contributed by atoms with Gasteiger partial charge in [0.15, 0.2) is 5.13 Å². The minimum Gasteiger partial charge on any atom is -0.494 e. The number of likely N-dealkylation sites (N-methyl/N-ethyl adjacent to an activating group) is 1. The molecular formula is C18H23N5O2S. The standard InChI is InChI=1S/C18H23N5O2S/c1-12-11-19-22(4)16(12)17(24)23(10-9-21(2)3)18-20-15-13(25-5)7-6-8-14(15)26-18/h6-8,11H,9-10H2,1-5H3.